The van der Waals surface area contributed by atoms with Crippen molar-refractivity contribution in [1.29, 1.82) is 0 Å². The standard InChI is InChI=1S/C13H17Cl/c1-5-9(3)12-7-10(4)13(14)8-11(12)6-2/h7-8H,3,5-6H2,1-2,4H3. The highest BCUT2D eigenvalue weighted by Gasteiger charge is 2.06. The van der Waals surface area contributed by atoms with Crippen LogP contribution < -0.4 is 0 Å². The Morgan fingerprint density at radius 1 is 1.36 bits per heavy atom. The average Bonchev–Trinajstić information content (AvgIpc) is 2.20. The summed E-state index contributed by atoms with van der Waals surface area (Å²) < 4.78 is 0. The Hall–Kier alpha value is -0.750. The number of aryl methyl sites for hydroxylation is 2. The van der Waals surface area contributed by atoms with Gasteiger partial charge in [-0.05, 0) is 48.1 Å². The van der Waals surface area contributed by atoms with E-state index in [1.54, 1.807) is 0 Å². The van der Waals surface area contributed by atoms with Gasteiger partial charge in [-0.3, -0.25) is 0 Å². The van der Waals surface area contributed by atoms with Crippen molar-refractivity contribution in [3.8, 4) is 0 Å². The molecule has 0 aliphatic heterocycles. The molecule has 1 heteroatoms. The first-order valence-corrected chi connectivity index (χ1v) is 5.45. The Bertz CT molecular complexity index is 350. The molecule has 0 atom stereocenters. The minimum Gasteiger partial charge on any atom is -0.0952 e. The van der Waals surface area contributed by atoms with Crippen molar-refractivity contribution in [3.05, 3.63) is 40.4 Å². The molecule has 76 valence electrons. The van der Waals surface area contributed by atoms with Crippen LogP contribution in [0, 0.1) is 6.92 Å². The maximum Gasteiger partial charge on any atom is 0.0438 e. The molecule has 0 heterocycles. The van der Waals surface area contributed by atoms with E-state index < -0.39 is 0 Å². The predicted molar refractivity (Wildman–Crippen MR) is 64.9 cm³/mol. The quantitative estimate of drug-likeness (QED) is 0.679. The Kier molecular flexibility index (Phi) is 3.77. The van der Waals surface area contributed by atoms with E-state index >= 15 is 0 Å². The minimum atomic E-state index is 0.856. The van der Waals surface area contributed by atoms with Gasteiger partial charge in [0.1, 0.15) is 0 Å². The lowest BCUT2D eigenvalue weighted by Gasteiger charge is -2.11. The smallest absolute Gasteiger partial charge is 0.0438 e. The lowest BCUT2D eigenvalue weighted by molar-refractivity contribution is 1.11. The summed E-state index contributed by atoms with van der Waals surface area (Å²) in [6, 6.07) is 4.21. The van der Waals surface area contributed by atoms with Crippen LogP contribution in [0.1, 0.15) is 37.0 Å². The Morgan fingerprint density at radius 2 is 2.00 bits per heavy atom. The van der Waals surface area contributed by atoms with Gasteiger partial charge in [-0.2, -0.15) is 0 Å². The van der Waals surface area contributed by atoms with Gasteiger partial charge in [0.05, 0.1) is 0 Å². The van der Waals surface area contributed by atoms with Crippen molar-refractivity contribution in [1.82, 2.24) is 0 Å². The van der Waals surface area contributed by atoms with Crippen LogP contribution in [0.15, 0.2) is 18.7 Å². The molecule has 0 N–H and O–H groups in total. The largest absolute Gasteiger partial charge is 0.0952 e. The fraction of sp³-hybridized carbons (Fsp3) is 0.385. The van der Waals surface area contributed by atoms with E-state index in [0.717, 1.165) is 23.4 Å². The van der Waals surface area contributed by atoms with Crippen LogP contribution in [0.2, 0.25) is 5.02 Å². The maximum absolute atomic E-state index is 6.08. The van der Waals surface area contributed by atoms with Crippen LogP contribution in [-0.2, 0) is 6.42 Å². The molecular weight excluding hydrogens is 192 g/mol. The second-order valence-corrected chi connectivity index (χ2v) is 3.98. The third-order valence-electron chi connectivity index (χ3n) is 2.57. The number of hydrogen-bond donors (Lipinski definition) is 0. The zero-order chi connectivity index (χ0) is 10.7. The molecular formula is C13H17Cl. The molecule has 0 aliphatic rings. The van der Waals surface area contributed by atoms with Crippen LogP contribution in [0.5, 0.6) is 0 Å². The molecule has 1 aromatic carbocycles. The molecule has 0 fully saturated rings. The molecule has 14 heavy (non-hydrogen) atoms. The van der Waals surface area contributed by atoms with Crippen molar-refractivity contribution in [2.75, 3.05) is 0 Å². The molecule has 0 amide bonds. The van der Waals surface area contributed by atoms with E-state index in [1.165, 1.54) is 16.7 Å². The number of halogens is 1. The number of rotatable bonds is 3. The van der Waals surface area contributed by atoms with E-state index in [9.17, 15) is 0 Å². The summed E-state index contributed by atoms with van der Waals surface area (Å²) in [5.41, 5.74) is 4.90. The summed E-state index contributed by atoms with van der Waals surface area (Å²) in [5, 5.41) is 0.856. The Balaban J connectivity index is 3.27. The van der Waals surface area contributed by atoms with Crippen molar-refractivity contribution in [3.63, 3.8) is 0 Å². The fourth-order valence-electron chi connectivity index (χ4n) is 1.53. The van der Waals surface area contributed by atoms with Crippen LogP contribution in [0.3, 0.4) is 0 Å². The molecule has 0 aromatic heterocycles. The van der Waals surface area contributed by atoms with E-state index in [4.69, 9.17) is 11.6 Å². The lowest BCUT2D eigenvalue weighted by Crippen LogP contribution is -1.93. The molecule has 0 saturated carbocycles. The first-order valence-electron chi connectivity index (χ1n) is 5.07. The van der Waals surface area contributed by atoms with Gasteiger partial charge in [0, 0.05) is 5.02 Å². The van der Waals surface area contributed by atoms with Gasteiger partial charge in [0.25, 0.3) is 0 Å². The zero-order valence-corrected chi connectivity index (χ0v) is 9.91. The van der Waals surface area contributed by atoms with Crippen molar-refractivity contribution < 1.29 is 0 Å². The van der Waals surface area contributed by atoms with E-state index in [2.05, 4.69) is 32.6 Å². The van der Waals surface area contributed by atoms with Gasteiger partial charge in [-0.1, -0.05) is 38.1 Å². The first-order chi connectivity index (χ1) is 6.60. The Labute approximate surface area is 91.6 Å². The van der Waals surface area contributed by atoms with Crippen molar-refractivity contribution in [2.45, 2.75) is 33.6 Å². The van der Waals surface area contributed by atoms with E-state index in [1.807, 2.05) is 6.92 Å². The van der Waals surface area contributed by atoms with Crippen molar-refractivity contribution in [2.24, 2.45) is 0 Å². The summed E-state index contributed by atoms with van der Waals surface area (Å²) >= 11 is 6.08. The van der Waals surface area contributed by atoms with Gasteiger partial charge in [-0.25, -0.2) is 0 Å². The predicted octanol–water partition coefficient (Wildman–Crippen LogP) is 4.63. The summed E-state index contributed by atoms with van der Waals surface area (Å²) in [5.74, 6) is 0. The minimum absolute atomic E-state index is 0.856. The second kappa shape index (κ2) is 4.65. The molecule has 1 rings (SSSR count). The van der Waals surface area contributed by atoms with Crippen LogP contribution >= 0.6 is 11.6 Å². The summed E-state index contributed by atoms with van der Waals surface area (Å²) in [7, 11) is 0. The third-order valence-corrected chi connectivity index (χ3v) is 2.98. The lowest BCUT2D eigenvalue weighted by atomic mass is 9.95. The zero-order valence-electron chi connectivity index (χ0n) is 9.15. The fourth-order valence-corrected chi connectivity index (χ4v) is 1.72. The molecule has 0 spiro atoms. The average molecular weight is 209 g/mol. The molecule has 0 aliphatic carbocycles. The van der Waals surface area contributed by atoms with Crippen LogP contribution in [0.4, 0.5) is 0 Å². The number of allylic oxidation sites excluding steroid dienone is 1. The molecule has 0 bridgehead atoms. The van der Waals surface area contributed by atoms with Gasteiger partial charge < -0.3 is 0 Å². The van der Waals surface area contributed by atoms with Gasteiger partial charge in [0.2, 0.25) is 0 Å². The maximum atomic E-state index is 6.08. The summed E-state index contributed by atoms with van der Waals surface area (Å²) in [6.45, 7) is 10.4. The topological polar surface area (TPSA) is 0 Å². The molecule has 1 aromatic rings. The summed E-state index contributed by atoms with van der Waals surface area (Å²) in [6.07, 6.45) is 2.00. The van der Waals surface area contributed by atoms with Crippen molar-refractivity contribution >= 4 is 17.2 Å². The number of hydrogen-bond acceptors (Lipinski definition) is 0. The third kappa shape index (κ3) is 2.19. The molecule has 0 unspecified atom stereocenters. The van der Waals surface area contributed by atoms with Crippen LogP contribution in [-0.4, -0.2) is 0 Å². The highest BCUT2D eigenvalue weighted by Crippen LogP contribution is 2.27. The number of benzene rings is 1. The normalized spacial score (nSPS) is 10.3. The second-order valence-electron chi connectivity index (χ2n) is 3.57. The van der Waals surface area contributed by atoms with E-state index in [0.29, 0.717) is 0 Å². The Morgan fingerprint density at radius 3 is 2.50 bits per heavy atom. The van der Waals surface area contributed by atoms with Gasteiger partial charge in [-0.15, -0.1) is 0 Å². The van der Waals surface area contributed by atoms with Gasteiger partial charge in [0.15, 0.2) is 0 Å². The first kappa shape index (κ1) is 11.3. The molecule has 0 nitrogen and oxygen atoms in total. The summed E-state index contributed by atoms with van der Waals surface area (Å²) in [4.78, 5) is 0. The molecule has 0 saturated heterocycles. The monoisotopic (exact) mass is 208 g/mol. The SMILES string of the molecule is C=C(CC)c1cc(C)c(Cl)cc1CC. The highest BCUT2D eigenvalue weighted by molar-refractivity contribution is 6.31. The highest BCUT2D eigenvalue weighted by atomic mass is 35.5. The van der Waals surface area contributed by atoms with E-state index in [-0.39, 0.29) is 0 Å². The van der Waals surface area contributed by atoms with Gasteiger partial charge >= 0.3 is 0 Å². The van der Waals surface area contributed by atoms with Crippen LogP contribution in [0.25, 0.3) is 5.57 Å². The molecule has 0 radical (unpaired) electrons.